The van der Waals surface area contributed by atoms with E-state index in [4.69, 9.17) is 4.74 Å². The summed E-state index contributed by atoms with van der Waals surface area (Å²) in [5, 5.41) is 9.49. The van der Waals surface area contributed by atoms with Crippen LogP contribution in [0.3, 0.4) is 0 Å². The Bertz CT molecular complexity index is 588. The normalized spacial score (nSPS) is 20.1. The maximum Gasteiger partial charge on any atom is 0.407 e. The van der Waals surface area contributed by atoms with Crippen LogP contribution in [0.4, 0.5) is 4.79 Å². The van der Waals surface area contributed by atoms with Gasteiger partial charge in [-0.3, -0.25) is 9.79 Å². The largest absolute Gasteiger partial charge is 0.444 e. The van der Waals surface area contributed by atoms with Crippen molar-refractivity contribution < 1.29 is 14.3 Å². The molecule has 0 aromatic heterocycles. The molecule has 1 aliphatic heterocycles. The fourth-order valence-electron chi connectivity index (χ4n) is 3.97. The maximum atomic E-state index is 12.8. The first-order valence-electron chi connectivity index (χ1n) is 11.6. The number of hydrogen-bond acceptors (Lipinski definition) is 4. The van der Waals surface area contributed by atoms with E-state index in [-0.39, 0.29) is 35.9 Å². The third-order valence-corrected chi connectivity index (χ3v) is 5.41. The van der Waals surface area contributed by atoms with Crippen LogP contribution in [-0.2, 0) is 9.53 Å². The third kappa shape index (κ3) is 10.7. The van der Waals surface area contributed by atoms with Gasteiger partial charge in [0.15, 0.2) is 5.96 Å². The molecule has 1 saturated carbocycles. The monoisotopic (exact) mass is 551 g/mol. The van der Waals surface area contributed by atoms with Gasteiger partial charge in [0.2, 0.25) is 5.91 Å². The molecular weight excluding hydrogens is 509 g/mol. The highest BCUT2D eigenvalue weighted by atomic mass is 127. The van der Waals surface area contributed by atoms with Crippen molar-refractivity contribution >= 4 is 41.9 Å². The van der Waals surface area contributed by atoms with Crippen molar-refractivity contribution in [3.63, 3.8) is 0 Å². The topological polar surface area (TPSA) is 95.1 Å². The number of halogens is 1. The fourth-order valence-corrected chi connectivity index (χ4v) is 3.97. The van der Waals surface area contributed by atoms with Gasteiger partial charge < -0.3 is 25.6 Å². The van der Waals surface area contributed by atoms with Gasteiger partial charge in [-0.05, 0) is 53.4 Å². The van der Waals surface area contributed by atoms with Gasteiger partial charge in [-0.25, -0.2) is 4.79 Å². The van der Waals surface area contributed by atoms with Crippen molar-refractivity contribution in [3.05, 3.63) is 0 Å². The Labute approximate surface area is 204 Å². The molecule has 0 aromatic rings. The molecule has 180 valence electrons. The lowest BCUT2D eigenvalue weighted by atomic mass is 9.88. The summed E-state index contributed by atoms with van der Waals surface area (Å²) < 4.78 is 5.22. The maximum absolute atomic E-state index is 12.8. The summed E-state index contributed by atoms with van der Waals surface area (Å²) in [6, 6.07) is 0.232. The van der Waals surface area contributed by atoms with Crippen LogP contribution in [0.5, 0.6) is 0 Å². The minimum atomic E-state index is -0.488. The predicted octanol–water partition coefficient (Wildman–Crippen LogP) is 3.26. The average molecular weight is 552 g/mol. The van der Waals surface area contributed by atoms with Crippen molar-refractivity contribution in [2.75, 3.05) is 32.7 Å². The molecule has 8 nitrogen and oxygen atoms in total. The quantitative estimate of drug-likeness (QED) is 0.196. The smallest absolute Gasteiger partial charge is 0.407 e. The molecule has 2 fully saturated rings. The van der Waals surface area contributed by atoms with Crippen LogP contribution >= 0.6 is 24.0 Å². The van der Waals surface area contributed by atoms with Gasteiger partial charge in [0.25, 0.3) is 0 Å². The standard InChI is InChI=1S/C22H41N5O3.HI/c1-5-23-20(24-13-9-14-25-21(29)30-22(2,3)4)26-18-12-15-27(16-18)19(28)17-10-7-6-8-11-17;/h17-18H,5-16H2,1-4H3,(H,25,29)(H2,23,24,26);1H. The number of nitrogens with one attached hydrogen (secondary N) is 3. The number of likely N-dealkylation sites (tertiary alicyclic amines) is 1. The van der Waals surface area contributed by atoms with Crippen LogP contribution in [0.1, 0.15) is 72.6 Å². The van der Waals surface area contributed by atoms with E-state index in [1.54, 1.807) is 0 Å². The zero-order chi connectivity index (χ0) is 22.0. The number of alkyl carbamates (subject to hydrolysis) is 1. The van der Waals surface area contributed by atoms with E-state index in [1.165, 1.54) is 19.3 Å². The van der Waals surface area contributed by atoms with Gasteiger partial charge in [-0.2, -0.15) is 0 Å². The Balaban J connectivity index is 0.00000480. The van der Waals surface area contributed by atoms with Gasteiger partial charge in [-0.15, -0.1) is 24.0 Å². The van der Waals surface area contributed by atoms with Crippen LogP contribution in [-0.4, -0.2) is 67.2 Å². The second-order valence-electron chi connectivity index (χ2n) is 9.29. The second-order valence-corrected chi connectivity index (χ2v) is 9.29. The molecule has 0 radical (unpaired) electrons. The van der Waals surface area contributed by atoms with Crippen LogP contribution in [0, 0.1) is 5.92 Å². The molecule has 0 aromatic carbocycles. The molecule has 1 aliphatic carbocycles. The van der Waals surface area contributed by atoms with E-state index in [9.17, 15) is 9.59 Å². The Morgan fingerprint density at radius 1 is 1.10 bits per heavy atom. The number of carbonyl (C=O) groups excluding carboxylic acids is 2. The zero-order valence-corrected chi connectivity index (χ0v) is 22.0. The summed E-state index contributed by atoms with van der Waals surface area (Å²) in [6.45, 7) is 11.0. The SMILES string of the molecule is CCNC(=NCCCNC(=O)OC(C)(C)C)NC1CCN(C(=O)C2CCCCC2)C1.I. The lowest BCUT2D eigenvalue weighted by Gasteiger charge is -2.26. The van der Waals surface area contributed by atoms with E-state index in [2.05, 4.69) is 20.9 Å². The molecule has 1 atom stereocenters. The number of guanidine groups is 1. The highest BCUT2D eigenvalue weighted by molar-refractivity contribution is 14.0. The van der Waals surface area contributed by atoms with Crippen LogP contribution in [0.2, 0.25) is 0 Å². The van der Waals surface area contributed by atoms with Crippen LogP contribution < -0.4 is 16.0 Å². The molecule has 2 rings (SSSR count). The minimum absolute atomic E-state index is 0. The fraction of sp³-hybridized carbons (Fsp3) is 0.864. The second kappa shape index (κ2) is 14.0. The van der Waals surface area contributed by atoms with Crippen molar-refractivity contribution in [1.29, 1.82) is 0 Å². The van der Waals surface area contributed by atoms with E-state index >= 15 is 0 Å². The minimum Gasteiger partial charge on any atom is -0.444 e. The van der Waals surface area contributed by atoms with E-state index in [0.29, 0.717) is 19.0 Å². The predicted molar refractivity (Wildman–Crippen MR) is 135 cm³/mol. The molecule has 2 amide bonds. The van der Waals surface area contributed by atoms with E-state index in [0.717, 1.165) is 51.3 Å². The third-order valence-electron chi connectivity index (χ3n) is 5.41. The zero-order valence-electron chi connectivity index (χ0n) is 19.7. The van der Waals surface area contributed by atoms with Crippen molar-refractivity contribution in [1.82, 2.24) is 20.9 Å². The highest BCUT2D eigenvalue weighted by Crippen LogP contribution is 2.26. The molecule has 0 spiro atoms. The molecule has 2 aliphatic rings. The van der Waals surface area contributed by atoms with Crippen molar-refractivity contribution in [2.24, 2.45) is 10.9 Å². The molecule has 1 saturated heterocycles. The Kier molecular flexibility index (Phi) is 12.5. The number of nitrogens with zero attached hydrogens (tertiary/aromatic N) is 2. The van der Waals surface area contributed by atoms with Gasteiger partial charge in [-0.1, -0.05) is 19.3 Å². The first-order valence-corrected chi connectivity index (χ1v) is 11.6. The highest BCUT2D eigenvalue weighted by Gasteiger charge is 2.31. The van der Waals surface area contributed by atoms with Crippen LogP contribution in [0.25, 0.3) is 0 Å². The number of amides is 2. The number of hydrogen-bond donors (Lipinski definition) is 3. The molecule has 1 unspecified atom stereocenters. The molecule has 31 heavy (non-hydrogen) atoms. The summed E-state index contributed by atoms with van der Waals surface area (Å²) in [5.74, 6) is 1.35. The molecular formula is C22H42IN5O3. The van der Waals surface area contributed by atoms with Gasteiger partial charge in [0.05, 0.1) is 0 Å². The lowest BCUT2D eigenvalue weighted by molar-refractivity contribution is -0.135. The number of rotatable bonds is 7. The lowest BCUT2D eigenvalue weighted by Crippen LogP contribution is -2.45. The van der Waals surface area contributed by atoms with Crippen molar-refractivity contribution in [2.45, 2.75) is 84.3 Å². The van der Waals surface area contributed by atoms with E-state index in [1.807, 2.05) is 32.6 Å². The first-order chi connectivity index (χ1) is 14.3. The van der Waals surface area contributed by atoms with Gasteiger partial charge in [0, 0.05) is 44.7 Å². The van der Waals surface area contributed by atoms with Crippen LogP contribution in [0.15, 0.2) is 4.99 Å². The summed E-state index contributed by atoms with van der Waals surface area (Å²) in [5.41, 5.74) is -0.488. The number of carbonyl (C=O) groups is 2. The summed E-state index contributed by atoms with van der Waals surface area (Å²) in [4.78, 5) is 31.0. The Morgan fingerprint density at radius 3 is 2.45 bits per heavy atom. The molecule has 1 heterocycles. The number of ether oxygens (including phenoxy) is 1. The Hall–Kier alpha value is -1.26. The molecule has 3 N–H and O–H groups in total. The first kappa shape index (κ1) is 27.8. The average Bonchev–Trinajstić information content (AvgIpc) is 3.15. The van der Waals surface area contributed by atoms with Gasteiger partial charge in [0.1, 0.15) is 5.60 Å². The molecule has 0 bridgehead atoms. The van der Waals surface area contributed by atoms with Crippen molar-refractivity contribution in [3.8, 4) is 0 Å². The summed E-state index contributed by atoms with van der Waals surface area (Å²) in [7, 11) is 0. The summed E-state index contributed by atoms with van der Waals surface area (Å²) >= 11 is 0. The van der Waals surface area contributed by atoms with E-state index < -0.39 is 11.7 Å². The summed E-state index contributed by atoms with van der Waals surface area (Å²) in [6.07, 6.45) is 7.02. The number of aliphatic imine (C=N–C) groups is 1. The Morgan fingerprint density at radius 2 is 1.81 bits per heavy atom. The van der Waals surface area contributed by atoms with Gasteiger partial charge >= 0.3 is 6.09 Å². The molecule has 9 heteroatoms.